The van der Waals surface area contributed by atoms with Gasteiger partial charge in [-0.25, -0.2) is 0 Å². The maximum absolute atomic E-state index is 12.0. The fourth-order valence-electron chi connectivity index (χ4n) is 1.26. The highest BCUT2D eigenvalue weighted by Crippen LogP contribution is 2.26. The summed E-state index contributed by atoms with van der Waals surface area (Å²) in [7, 11) is 0. The number of ether oxygens (including phenoxy) is 1. The second-order valence-corrected chi connectivity index (χ2v) is 2.97. The fourth-order valence-corrected chi connectivity index (χ4v) is 1.26. The number of hydrogen-bond donors (Lipinski definition) is 1. The Morgan fingerprint density at radius 1 is 1.33 bits per heavy atom. The highest BCUT2D eigenvalue weighted by atomic mass is 19.4. The first-order valence-corrected chi connectivity index (χ1v) is 3.95. The van der Waals surface area contributed by atoms with Crippen LogP contribution in [-0.4, -0.2) is 24.9 Å². The second-order valence-electron chi connectivity index (χ2n) is 2.97. The van der Waals surface area contributed by atoms with Crippen LogP contribution in [0.5, 0.6) is 0 Å². The van der Waals surface area contributed by atoms with E-state index in [1.165, 1.54) is 0 Å². The Morgan fingerprint density at radius 3 is 2.42 bits per heavy atom. The van der Waals surface area contributed by atoms with Gasteiger partial charge in [-0.05, 0) is 19.3 Å². The van der Waals surface area contributed by atoms with Gasteiger partial charge >= 0.3 is 6.18 Å². The Kier molecular flexibility index (Phi) is 2.95. The van der Waals surface area contributed by atoms with Crippen molar-refractivity contribution in [3.63, 3.8) is 0 Å². The third-order valence-corrected chi connectivity index (χ3v) is 1.99. The van der Waals surface area contributed by atoms with Gasteiger partial charge in [0.2, 0.25) is 0 Å². The number of alkyl halides is 3. The molecule has 0 spiro atoms. The first-order valence-electron chi connectivity index (χ1n) is 3.95. The van der Waals surface area contributed by atoms with Crippen molar-refractivity contribution in [1.29, 1.82) is 0 Å². The SMILES string of the molecule is NC(C1CCCCO1)C(F)(F)F. The standard InChI is InChI=1S/C7H12F3NO/c8-7(9,10)6(11)5-3-1-2-4-12-5/h5-6H,1-4,11H2. The van der Waals surface area contributed by atoms with Crippen LogP contribution in [0, 0.1) is 0 Å². The third kappa shape index (κ3) is 2.35. The van der Waals surface area contributed by atoms with E-state index in [2.05, 4.69) is 0 Å². The lowest BCUT2D eigenvalue weighted by Crippen LogP contribution is -2.49. The van der Waals surface area contributed by atoms with Gasteiger partial charge in [0.15, 0.2) is 0 Å². The van der Waals surface area contributed by atoms with Crippen molar-refractivity contribution in [3.8, 4) is 0 Å². The molecule has 0 saturated carbocycles. The maximum Gasteiger partial charge on any atom is 0.406 e. The van der Waals surface area contributed by atoms with E-state index in [-0.39, 0.29) is 0 Å². The molecule has 0 aromatic heterocycles. The predicted molar refractivity (Wildman–Crippen MR) is 37.6 cm³/mol. The van der Waals surface area contributed by atoms with Crippen LogP contribution in [0.25, 0.3) is 0 Å². The van der Waals surface area contributed by atoms with E-state index < -0.39 is 18.3 Å². The monoisotopic (exact) mass is 183 g/mol. The van der Waals surface area contributed by atoms with Gasteiger partial charge in [-0.1, -0.05) is 0 Å². The van der Waals surface area contributed by atoms with Crippen molar-refractivity contribution in [2.24, 2.45) is 5.73 Å². The van der Waals surface area contributed by atoms with E-state index in [1.807, 2.05) is 0 Å². The zero-order valence-corrected chi connectivity index (χ0v) is 6.60. The Balaban J connectivity index is 2.45. The fraction of sp³-hybridized carbons (Fsp3) is 1.00. The topological polar surface area (TPSA) is 35.2 Å². The van der Waals surface area contributed by atoms with Crippen molar-refractivity contribution < 1.29 is 17.9 Å². The van der Waals surface area contributed by atoms with E-state index in [4.69, 9.17) is 10.5 Å². The molecular weight excluding hydrogens is 171 g/mol. The molecule has 1 aliphatic rings. The van der Waals surface area contributed by atoms with Crippen LogP contribution in [0.3, 0.4) is 0 Å². The Labute approximate surface area is 68.9 Å². The minimum Gasteiger partial charge on any atom is -0.376 e. The number of hydrogen-bond acceptors (Lipinski definition) is 2. The minimum atomic E-state index is -4.33. The molecule has 0 radical (unpaired) electrons. The zero-order valence-electron chi connectivity index (χ0n) is 6.60. The van der Waals surface area contributed by atoms with E-state index in [1.54, 1.807) is 0 Å². The molecule has 1 aliphatic heterocycles. The molecule has 5 heteroatoms. The lowest BCUT2D eigenvalue weighted by molar-refractivity contribution is -0.180. The average molecular weight is 183 g/mol. The lowest BCUT2D eigenvalue weighted by Gasteiger charge is -2.28. The lowest BCUT2D eigenvalue weighted by atomic mass is 10.0. The van der Waals surface area contributed by atoms with Gasteiger partial charge in [-0.2, -0.15) is 13.2 Å². The molecule has 2 nitrogen and oxygen atoms in total. The number of halogens is 3. The normalized spacial score (nSPS) is 28.5. The summed E-state index contributed by atoms with van der Waals surface area (Å²) in [5, 5.41) is 0. The molecule has 0 aliphatic carbocycles. The van der Waals surface area contributed by atoms with Crippen LogP contribution in [0.15, 0.2) is 0 Å². The summed E-state index contributed by atoms with van der Waals surface area (Å²) in [6.07, 6.45) is -3.14. The van der Waals surface area contributed by atoms with Crippen LogP contribution < -0.4 is 5.73 Å². The van der Waals surface area contributed by atoms with Crippen LogP contribution in [-0.2, 0) is 4.74 Å². The van der Waals surface area contributed by atoms with Crippen LogP contribution >= 0.6 is 0 Å². The first-order chi connectivity index (χ1) is 5.52. The number of nitrogens with two attached hydrogens (primary N) is 1. The van der Waals surface area contributed by atoms with Crippen molar-refractivity contribution in [2.75, 3.05) is 6.61 Å². The van der Waals surface area contributed by atoms with E-state index >= 15 is 0 Å². The van der Waals surface area contributed by atoms with Crippen LogP contribution in [0.2, 0.25) is 0 Å². The highest BCUT2D eigenvalue weighted by molar-refractivity contribution is 4.81. The van der Waals surface area contributed by atoms with E-state index in [0.29, 0.717) is 13.0 Å². The molecule has 12 heavy (non-hydrogen) atoms. The van der Waals surface area contributed by atoms with Crippen LogP contribution in [0.1, 0.15) is 19.3 Å². The molecule has 0 aromatic carbocycles. The summed E-state index contributed by atoms with van der Waals surface area (Å²) >= 11 is 0. The third-order valence-electron chi connectivity index (χ3n) is 1.99. The molecule has 1 saturated heterocycles. The molecule has 0 bridgehead atoms. The summed E-state index contributed by atoms with van der Waals surface area (Å²) < 4.78 is 41.0. The Hall–Kier alpha value is -0.290. The Morgan fingerprint density at radius 2 is 2.00 bits per heavy atom. The molecule has 1 fully saturated rings. The summed E-state index contributed by atoms with van der Waals surface area (Å²) in [4.78, 5) is 0. The highest BCUT2D eigenvalue weighted by Gasteiger charge is 2.42. The van der Waals surface area contributed by atoms with E-state index in [0.717, 1.165) is 12.8 Å². The van der Waals surface area contributed by atoms with Gasteiger partial charge in [-0.15, -0.1) is 0 Å². The minimum absolute atomic E-state index is 0.397. The zero-order chi connectivity index (χ0) is 9.19. The summed E-state index contributed by atoms with van der Waals surface area (Å²) in [5.41, 5.74) is 4.98. The van der Waals surface area contributed by atoms with Gasteiger partial charge in [0.1, 0.15) is 6.04 Å². The summed E-state index contributed by atoms with van der Waals surface area (Å²) in [5.74, 6) is 0. The van der Waals surface area contributed by atoms with Crippen molar-refractivity contribution in [3.05, 3.63) is 0 Å². The maximum atomic E-state index is 12.0. The molecule has 2 unspecified atom stereocenters. The van der Waals surface area contributed by atoms with Gasteiger partial charge in [0.25, 0.3) is 0 Å². The smallest absolute Gasteiger partial charge is 0.376 e. The molecule has 72 valence electrons. The van der Waals surface area contributed by atoms with Crippen molar-refractivity contribution in [1.82, 2.24) is 0 Å². The largest absolute Gasteiger partial charge is 0.406 e. The second kappa shape index (κ2) is 3.62. The molecule has 2 N–H and O–H groups in total. The first kappa shape index (κ1) is 9.80. The quantitative estimate of drug-likeness (QED) is 0.667. The molecular formula is C7H12F3NO. The molecule has 0 amide bonds. The van der Waals surface area contributed by atoms with Crippen molar-refractivity contribution in [2.45, 2.75) is 37.6 Å². The molecule has 0 aromatic rings. The molecule has 1 heterocycles. The van der Waals surface area contributed by atoms with Gasteiger partial charge in [-0.3, -0.25) is 0 Å². The molecule has 2 atom stereocenters. The van der Waals surface area contributed by atoms with Crippen molar-refractivity contribution >= 4 is 0 Å². The van der Waals surface area contributed by atoms with Gasteiger partial charge in [0.05, 0.1) is 6.10 Å². The average Bonchev–Trinajstić information content (AvgIpc) is 2.03. The Bertz CT molecular complexity index is 142. The predicted octanol–water partition coefficient (Wildman–Crippen LogP) is 1.45. The summed E-state index contributed by atoms with van der Waals surface area (Å²) in [6.45, 7) is 0.397. The van der Waals surface area contributed by atoms with E-state index in [9.17, 15) is 13.2 Å². The number of rotatable bonds is 1. The van der Waals surface area contributed by atoms with Gasteiger partial charge in [0, 0.05) is 6.61 Å². The summed E-state index contributed by atoms with van der Waals surface area (Å²) in [6, 6.07) is -1.82. The van der Waals surface area contributed by atoms with Gasteiger partial charge < -0.3 is 10.5 Å². The van der Waals surface area contributed by atoms with Crippen LogP contribution in [0.4, 0.5) is 13.2 Å². The molecule has 1 rings (SSSR count).